The molecule has 0 aromatic heterocycles. The largest absolute Gasteiger partial charge is 0.491 e. The number of benzene rings is 1. The van der Waals surface area contributed by atoms with E-state index in [1.54, 1.807) is 7.11 Å². The van der Waals surface area contributed by atoms with Crippen molar-refractivity contribution < 1.29 is 14.2 Å². The number of methoxy groups -OCH3 is 1. The zero-order chi connectivity index (χ0) is 12.8. The Balaban J connectivity index is 1.94. The van der Waals surface area contributed by atoms with Crippen LogP contribution in [0.15, 0.2) is 24.3 Å². The molecule has 2 atom stereocenters. The fourth-order valence-corrected chi connectivity index (χ4v) is 2.12. The molecule has 18 heavy (non-hydrogen) atoms. The Morgan fingerprint density at radius 3 is 2.72 bits per heavy atom. The second-order valence-corrected chi connectivity index (χ2v) is 4.42. The number of hydrogen-bond donors (Lipinski definition) is 1. The smallest absolute Gasteiger partial charge is 0.119 e. The minimum Gasteiger partial charge on any atom is -0.491 e. The van der Waals surface area contributed by atoms with Crippen molar-refractivity contribution in [3.8, 4) is 5.75 Å². The van der Waals surface area contributed by atoms with Gasteiger partial charge >= 0.3 is 0 Å². The summed E-state index contributed by atoms with van der Waals surface area (Å²) in [5.41, 5.74) is 1.24. The lowest BCUT2D eigenvalue weighted by atomic mass is 10.0. The second-order valence-electron chi connectivity index (χ2n) is 4.42. The Bertz CT molecular complexity index is 353. The summed E-state index contributed by atoms with van der Waals surface area (Å²) in [7, 11) is 1.67. The molecule has 1 saturated heterocycles. The third kappa shape index (κ3) is 3.45. The highest BCUT2D eigenvalue weighted by Gasteiger charge is 2.22. The standard InChI is InChI=1S/C14H21NO3/c1-11-14(15-7-8-17-11)12-3-5-13(6-4-12)18-10-9-16-2/h3-6,11,14-15H,7-10H2,1-2H3. The summed E-state index contributed by atoms with van der Waals surface area (Å²) in [5.74, 6) is 0.875. The average Bonchev–Trinajstić information content (AvgIpc) is 2.41. The molecule has 0 radical (unpaired) electrons. The van der Waals surface area contributed by atoms with Crippen molar-refractivity contribution in [3.05, 3.63) is 29.8 Å². The Hall–Kier alpha value is -1.10. The van der Waals surface area contributed by atoms with Crippen molar-refractivity contribution in [1.82, 2.24) is 5.32 Å². The molecule has 4 heteroatoms. The van der Waals surface area contributed by atoms with Gasteiger partial charge in [0.1, 0.15) is 12.4 Å². The molecule has 1 N–H and O–H groups in total. The van der Waals surface area contributed by atoms with Crippen LogP contribution in [0.3, 0.4) is 0 Å². The third-order valence-electron chi connectivity index (χ3n) is 3.11. The van der Waals surface area contributed by atoms with Crippen LogP contribution in [0.5, 0.6) is 5.75 Å². The van der Waals surface area contributed by atoms with E-state index >= 15 is 0 Å². The lowest BCUT2D eigenvalue weighted by Gasteiger charge is -2.30. The lowest BCUT2D eigenvalue weighted by molar-refractivity contribution is 0.00754. The zero-order valence-corrected chi connectivity index (χ0v) is 11.0. The second kappa shape index (κ2) is 6.73. The van der Waals surface area contributed by atoms with Gasteiger partial charge in [-0.1, -0.05) is 12.1 Å². The summed E-state index contributed by atoms with van der Waals surface area (Å²) in [6.07, 6.45) is 0.207. The monoisotopic (exact) mass is 251 g/mol. The zero-order valence-electron chi connectivity index (χ0n) is 11.0. The summed E-state index contributed by atoms with van der Waals surface area (Å²) >= 11 is 0. The average molecular weight is 251 g/mol. The van der Waals surface area contributed by atoms with Crippen molar-refractivity contribution >= 4 is 0 Å². The predicted molar refractivity (Wildman–Crippen MR) is 70.0 cm³/mol. The van der Waals surface area contributed by atoms with Crippen molar-refractivity contribution in [2.45, 2.75) is 19.1 Å². The van der Waals surface area contributed by atoms with Crippen LogP contribution in [0.2, 0.25) is 0 Å². The van der Waals surface area contributed by atoms with Crippen LogP contribution in [-0.4, -0.2) is 39.6 Å². The van der Waals surface area contributed by atoms with Gasteiger partial charge in [-0.05, 0) is 24.6 Å². The van der Waals surface area contributed by atoms with Crippen molar-refractivity contribution in [2.75, 3.05) is 33.5 Å². The molecule has 1 aliphatic heterocycles. The van der Waals surface area contributed by atoms with E-state index in [2.05, 4.69) is 24.4 Å². The van der Waals surface area contributed by atoms with Crippen LogP contribution in [0.4, 0.5) is 0 Å². The molecule has 1 fully saturated rings. The number of ether oxygens (including phenoxy) is 3. The summed E-state index contributed by atoms with van der Waals surface area (Å²) in [6, 6.07) is 8.43. The van der Waals surface area contributed by atoms with E-state index in [1.165, 1.54) is 5.56 Å². The van der Waals surface area contributed by atoms with Gasteiger partial charge < -0.3 is 19.5 Å². The van der Waals surface area contributed by atoms with E-state index in [1.807, 2.05) is 12.1 Å². The highest BCUT2D eigenvalue weighted by Crippen LogP contribution is 2.23. The van der Waals surface area contributed by atoms with Crippen LogP contribution in [-0.2, 0) is 9.47 Å². The van der Waals surface area contributed by atoms with E-state index in [0.29, 0.717) is 13.2 Å². The molecular formula is C14H21NO3. The fourth-order valence-electron chi connectivity index (χ4n) is 2.12. The topological polar surface area (TPSA) is 39.7 Å². The molecule has 0 bridgehead atoms. The Kier molecular flexibility index (Phi) is 4.99. The SMILES string of the molecule is COCCOc1ccc(C2NCCOC2C)cc1. The molecule has 100 valence electrons. The number of nitrogens with one attached hydrogen (secondary N) is 1. The number of morpholine rings is 1. The fraction of sp³-hybridized carbons (Fsp3) is 0.571. The highest BCUT2D eigenvalue weighted by atomic mass is 16.5. The van der Waals surface area contributed by atoms with Crippen molar-refractivity contribution in [2.24, 2.45) is 0 Å². The highest BCUT2D eigenvalue weighted by molar-refractivity contribution is 5.29. The third-order valence-corrected chi connectivity index (χ3v) is 3.11. The van der Waals surface area contributed by atoms with Crippen LogP contribution < -0.4 is 10.1 Å². The Morgan fingerprint density at radius 2 is 2.06 bits per heavy atom. The van der Waals surface area contributed by atoms with Crippen LogP contribution in [0, 0.1) is 0 Å². The van der Waals surface area contributed by atoms with Crippen molar-refractivity contribution in [1.29, 1.82) is 0 Å². The van der Waals surface area contributed by atoms with Gasteiger partial charge in [0.2, 0.25) is 0 Å². The Morgan fingerprint density at radius 1 is 1.28 bits per heavy atom. The molecule has 1 aliphatic rings. The Labute approximate surface area is 108 Å². The molecule has 1 aromatic rings. The molecule has 2 unspecified atom stereocenters. The molecule has 2 rings (SSSR count). The summed E-state index contributed by atoms with van der Waals surface area (Å²) < 4.78 is 16.1. The number of hydrogen-bond acceptors (Lipinski definition) is 4. The minimum atomic E-state index is 0.207. The predicted octanol–water partition coefficient (Wildman–Crippen LogP) is 1.76. The van der Waals surface area contributed by atoms with Crippen molar-refractivity contribution in [3.63, 3.8) is 0 Å². The molecule has 4 nitrogen and oxygen atoms in total. The van der Waals surface area contributed by atoms with Crippen LogP contribution in [0.25, 0.3) is 0 Å². The number of rotatable bonds is 5. The summed E-state index contributed by atoms with van der Waals surface area (Å²) in [4.78, 5) is 0. The molecule has 1 heterocycles. The minimum absolute atomic E-state index is 0.207. The van der Waals surface area contributed by atoms with E-state index in [-0.39, 0.29) is 12.1 Å². The van der Waals surface area contributed by atoms with Gasteiger partial charge in [0.25, 0.3) is 0 Å². The van der Waals surface area contributed by atoms with Gasteiger partial charge in [-0.2, -0.15) is 0 Å². The summed E-state index contributed by atoms with van der Waals surface area (Å²) in [6.45, 7) is 4.98. The molecule has 0 saturated carbocycles. The molecule has 0 aliphatic carbocycles. The first-order chi connectivity index (χ1) is 8.81. The summed E-state index contributed by atoms with van der Waals surface area (Å²) in [5, 5.41) is 3.47. The maximum absolute atomic E-state index is 5.64. The van der Waals surface area contributed by atoms with E-state index in [4.69, 9.17) is 14.2 Å². The molecular weight excluding hydrogens is 230 g/mol. The van der Waals surface area contributed by atoms with Gasteiger partial charge in [-0.25, -0.2) is 0 Å². The van der Waals surface area contributed by atoms with Gasteiger partial charge in [0, 0.05) is 13.7 Å². The van der Waals surface area contributed by atoms with Gasteiger partial charge in [-0.15, -0.1) is 0 Å². The van der Waals surface area contributed by atoms with Gasteiger partial charge in [0.15, 0.2) is 0 Å². The quantitative estimate of drug-likeness (QED) is 0.810. The lowest BCUT2D eigenvalue weighted by Crippen LogP contribution is -2.40. The maximum Gasteiger partial charge on any atom is 0.119 e. The van der Waals surface area contributed by atoms with Gasteiger partial charge in [-0.3, -0.25) is 0 Å². The first-order valence-electron chi connectivity index (χ1n) is 6.38. The molecule has 1 aromatic carbocycles. The van der Waals surface area contributed by atoms with E-state index in [0.717, 1.165) is 18.9 Å². The molecule has 0 spiro atoms. The maximum atomic E-state index is 5.64. The van der Waals surface area contributed by atoms with Gasteiger partial charge in [0.05, 0.1) is 25.4 Å². The first-order valence-corrected chi connectivity index (χ1v) is 6.38. The molecule has 0 amide bonds. The van der Waals surface area contributed by atoms with Crippen LogP contribution >= 0.6 is 0 Å². The van der Waals surface area contributed by atoms with E-state index < -0.39 is 0 Å². The van der Waals surface area contributed by atoms with Crippen LogP contribution in [0.1, 0.15) is 18.5 Å². The normalized spacial score (nSPS) is 23.9. The van der Waals surface area contributed by atoms with E-state index in [9.17, 15) is 0 Å². The first kappa shape index (κ1) is 13.3.